The minimum atomic E-state index is -4.52. The van der Waals surface area contributed by atoms with Gasteiger partial charge in [0.1, 0.15) is 17.6 Å². The zero-order chi connectivity index (χ0) is 30.4. The Morgan fingerprint density at radius 1 is 1.05 bits per heavy atom. The van der Waals surface area contributed by atoms with Crippen LogP contribution < -0.4 is 10.9 Å². The smallest absolute Gasteiger partial charge is 0.296 e. The number of benzene rings is 2. The number of nitrogens with zero attached hydrogens (tertiary/aromatic N) is 4. The van der Waals surface area contributed by atoms with E-state index in [2.05, 4.69) is 15.3 Å². The summed E-state index contributed by atoms with van der Waals surface area (Å²) in [5, 5.41) is 23.4. The number of aryl methyl sites for hydroxylation is 1. The number of amides is 1. The minimum absolute atomic E-state index is 0.167. The fraction of sp³-hybridized carbons (Fsp3) is 0.258. The van der Waals surface area contributed by atoms with E-state index < -0.39 is 32.2 Å². The number of aromatic nitrogens is 3. The van der Waals surface area contributed by atoms with E-state index in [0.717, 1.165) is 6.42 Å². The van der Waals surface area contributed by atoms with Gasteiger partial charge in [-0.15, -0.1) is 0 Å². The van der Waals surface area contributed by atoms with E-state index in [-0.39, 0.29) is 22.3 Å². The molecule has 0 unspecified atom stereocenters. The Balaban J connectivity index is 1.86. The van der Waals surface area contributed by atoms with Gasteiger partial charge in [-0.1, -0.05) is 56.7 Å². The lowest BCUT2D eigenvalue weighted by molar-refractivity contribution is 0.0963. The zero-order valence-corrected chi connectivity index (χ0v) is 24.4. The molecule has 216 valence electrons. The summed E-state index contributed by atoms with van der Waals surface area (Å²) in [4.78, 5) is 33.0. The van der Waals surface area contributed by atoms with E-state index in [1.807, 2.05) is 19.9 Å². The number of sulfone groups is 1. The molecule has 2 aromatic heterocycles. The molecular weight excluding hydrogens is 554 g/mol. The number of nitrogens with one attached hydrogen (secondary N) is 1. The van der Waals surface area contributed by atoms with Gasteiger partial charge in [0.05, 0.1) is 16.6 Å². The maximum absolute atomic E-state index is 13.8. The van der Waals surface area contributed by atoms with Crippen LogP contribution in [0, 0.1) is 11.3 Å². The zero-order valence-electron chi connectivity index (χ0n) is 23.5. The number of rotatable bonds is 10. The van der Waals surface area contributed by atoms with Crippen molar-refractivity contribution >= 4 is 15.7 Å². The summed E-state index contributed by atoms with van der Waals surface area (Å²) >= 11 is 0. The van der Waals surface area contributed by atoms with Crippen molar-refractivity contribution in [2.45, 2.75) is 55.4 Å². The molecule has 4 aromatic rings. The maximum Gasteiger partial charge on any atom is 0.296 e. The number of hydrogen-bond acceptors (Lipinski definition) is 8. The van der Waals surface area contributed by atoms with Crippen LogP contribution in [0.25, 0.3) is 11.1 Å². The quantitative estimate of drug-likeness (QED) is 0.277. The normalized spacial score (nSPS) is 12.0. The van der Waals surface area contributed by atoms with Crippen LogP contribution in [-0.4, -0.2) is 41.0 Å². The molecule has 1 atom stereocenters. The first-order valence-electron chi connectivity index (χ1n) is 13.6. The van der Waals surface area contributed by atoms with Crippen molar-refractivity contribution in [2.24, 2.45) is 0 Å². The molecule has 2 N–H and O–H groups in total. The van der Waals surface area contributed by atoms with E-state index in [1.165, 1.54) is 23.7 Å². The maximum atomic E-state index is 13.8. The molecule has 0 radical (unpaired) electrons. The molecule has 0 aliphatic heterocycles. The Morgan fingerprint density at radius 3 is 2.40 bits per heavy atom. The topological polar surface area (TPSA) is 155 Å². The van der Waals surface area contributed by atoms with Crippen LogP contribution in [0.1, 0.15) is 66.7 Å². The molecule has 0 fully saturated rings. The van der Waals surface area contributed by atoms with Crippen molar-refractivity contribution in [3.05, 3.63) is 99.9 Å². The summed E-state index contributed by atoms with van der Waals surface area (Å²) in [5.74, 6) is -0.788. The van der Waals surface area contributed by atoms with Gasteiger partial charge in [0.15, 0.2) is 4.90 Å². The Labute approximate surface area is 244 Å². The summed E-state index contributed by atoms with van der Waals surface area (Å²) in [7, 11) is -3.00. The Kier molecular flexibility index (Phi) is 9.18. The van der Waals surface area contributed by atoms with Gasteiger partial charge in [0.2, 0.25) is 15.7 Å². The molecule has 2 aromatic carbocycles. The van der Waals surface area contributed by atoms with Crippen LogP contribution in [0.5, 0.6) is 5.88 Å². The van der Waals surface area contributed by atoms with Crippen molar-refractivity contribution in [1.29, 1.82) is 5.26 Å². The molecule has 11 heteroatoms. The van der Waals surface area contributed by atoms with E-state index in [9.17, 15) is 28.4 Å². The molecule has 0 spiro atoms. The summed E-state index contributed by atoms with van der Waals surface area (Å²) in [6.45, 7) is 3.79. The lowest BCUT2D eigenvalue weighted by Crippen LogP contribution is -2.28. The Bertz CT molecular complexity index is 1830. The fourth-order valence-corrected chi connectivity index (χ4v) is 6.19. The van der Waals surface area contributed by atoms with Crippen molar-refractivity contribution in [2.75, 3.05) is 7.05 Å². The first kappa shape index (κ1) is 30.1. The highest BCUT2D eigenvalue weighted by Gasteiger charge is 2.32. The highest BCUT2D eigenvalue weighted by atomic mass is 32.2. The summed E-state index contributed by atoms with van der Waals surface area (Å²) in [6, 6.07) is 18.8. The molecule has 0 aliphatic carbocycles. The summed E-state index contributed by atoms with van der Waals surface area (Å²) in [5.41, 5.74) is 1.15. The van der Waals surface area contributed by atoms with E-state index in [1.54, 1.807) is 54.6 Å². The largest absolute Gasteiger partial charge is 0.493 e. The molecular formula is C31H31N5O5S. The fourth-order valence-electron chi connectivity index (χ4n) is 4.85. The first-order valence-corrected chi connectivity index (χ1v) is 15.0. The van der Waals surface area contributed by atoms with Crippen molar-refractivity contribution in [3.8, 4) is 23.1 Å². The number of nitriles is 1. The predicted octanol–water partition coefficient (Wildman–Crippen LogP) is 4.42. The molecule has 0 saturated heterocycles. The van der Waals surface area contributed by atoms with Crippen LogP contribution in [-0.2, 0) is 16.3 Å². The summed E-state index contributed by atoms with van der Waals surface area (Å²) in [6.07, 6.45) is 2.13. The second kappa shape index (κ2) is 12.8. The Hall–Kier alpha value is -4.82. The number of carbonyl (C=O) groups excluding carboxylic acids is 1. The number of unbranched alkanes of at least 4 members (excludes halogenated alkanes) is 1. The number of pyridine rings is 1. The van der Waals surface area contributed by atoms with E-state index in [4.69, 9.17) is 0 Å². The number of hydrogen-bond donors (Lipinski definition) is 2. The molecule has 10 nitrogen and oxygen atoms in total. The molecule has 0 aliphatic rings. The van der Waals surface area contributed by atoms with Crippen LogP contribution >= 0.6 is 0 Å². The predicted molar refractivity (Wildman–Crippen MR) is 157 cm³/mol. The average molecular weight is 586 g/mol. The van der Waals surface area contributed by atoms with Gasteiger partial charge < -0.3 is 10.4 Å². The van der Waals surface area contributed by atoms with Crippen LogP contribution in [0.3, 0.4) is 0 Å². The van der Waals surface area contributed by atoms with Gasteiger partial charge in [0, 0.05) is 19.0 Å². The SMILES string of the molecule is CCCCc1nc(=O)c(S(=O)(=O)c2ccc(-c3ccccc3C(=O)NC)cc2)c(O)n1[C@@H](CC)c1cccc(C#N)n1. The second-order valence-corrected chi connectivity index (χ2v) is 11.5. The van der Waals surface area contributed by atoms with Gasteiger partial charge in [-0.25, -0.2) is 13.4 Å². The monoisotopic (exact) mass is 585 g/mol. The van der Waals surface area contributed by atoms with Gasteiger partial charge in [0.25, 0.3) is 11.5 Å². The highest BCUT2D eigenvalue weighted by Crippen LogP contribution is 2.34. The van der Waals surface area contributed by atoms with Gasteiger partial charge in [-0.3, -0.25) is 14.2 Å². The van der Waals surface area contributed by atoms with Crippen LogP contribution in [0.4, 0.5) is 0 Å². The van der Waals surface area contributed by atoms with Gasteiger partial charge in [-0.2, -0.15) is 10.2 Å². The standard InChI is InChI=1S/C31H31N5O5S/c1-4-6-14-27-35-30(38)28(31(39)36(27)26(5-2)25-13-9-10-21(19-32)34-25)42(40,41)22-17-15-20(16-18-22)23-11-7-8-12-24(23)29(37)33-3/h7-13,15-18,26,39H,4-6,14H2,1-3H3,(H,33,37)/t26-/m0/s1. The van der Waals surface area contributed by atoms with E-state index in [0.29, 0.717) is 41.6 Å². The molecule has 0 bridgehead atoms. The third-order valence-corrected chi connectivity index (χ3v) is 8.74. The van der Waals surface area contributed by atoms with Crippen molar-refractivity contribution in [3.63, 3.8) is 0 Å². The minimum Gasteiger partial charge on any atom is -0.493 e. The first-order chi connectivity index (χ1) is 20.2. The molecule has 1 amide bonds. The highest BCUT2D eigenvalue weighted by molar-refractivity contribution is 7.91. The van der Waals surface area contributed by atoms with Crippen molar-refractivity contribution in [1.82, 2.24) is 19.9 Å². The molecule has 0 saturated carbocycles. The van der Waals surface area contributed by atoms with Crippen molar-refractivity contribution < 1.29 is 18.3 Å². The second-order valence-electron chi connectivity index (χ2n) is 9.60. The number of aromatic hydroxyl groups is 1. The summed E-state index contributed by atoms with van der Waals surface area (Å²) < 4.78 is 29.0. The molecule has 42 heavy (non-hydrogen) atoms. The molecule has 2 heterocycles. The Morgan fingerprint density at radius 2 is 1.76 bits per heavy atom. The molecule has 4 rings (SSSR count). The third kappa shape index (κ3) is 5.80. The number of carbonyl (C=O) groups is 1. The van der Waals surface area contributed by atoms with Gasteiger partial charge in [-0.05, 0) is 54.3 Å². The van der Waals surface area contributed by atoms with Gasteiger partial charge >= 0.3 is 0 Å². The van der Waals surface area contributed by atoms with Crippen LogP contribution in [0.2, 0.25) is 0 Å². The third-order valence-electron chi connectivity index (χ3n) is 6.96. The lowest BCUT2D eigenvalue weighted by Gasteiger charge is -2.24. The lowest BCUT2D eigenvalue weighted by atomic mass is 9.99. The van der Waals surface area contributed by atoms with Crippen LogP contribution in [0.15, 0.2) is 81.3 Å². The van der Waals surface area contributed by atoms with E-state index >= 15 is 0 Å². The average Bonchev–Trinajstić information content (AvgIpc) is 3.01.